The lowest BCUT2D eigenvalue weighted by Crippen LogP contribution is -2.28. The second kappa shape index (κ2) is 6.49. The number of amides is 1. The summed E-state index contributed by atoms with van der Waals surface area (Å²) in [5.41, 5.74) is 2.12. The lowest BCUT2D eigenvalue weighted by Gasteiger charge is -2.16. The quantitative estimate of drug-likeness (QED) is 0.706. The van der Waals surface area contributed by atoms with Gasteiger partial charge in [0, 0.05) is 31.1 Å². The number of benzene rings is 1. The summed E-state index contributed by atoms with van der Waals surface area (Å²) >= 11 is 6.18. The van der Waals surface area contributed by atoms with Gasteiger partial charge in [0.15, 0.2) is 11.5 Å². The Kier molecular flexibility index (Phi) is 3.94. The summed E-state index contributed by atoms with van der Waals surface area (Å²) in [5.74, 6) is 1.85. The molecule has 3 heterocycles. The molecule has 6 nitrogen and oxygen atoms in total. The fourth-order valence-electron chi connectivity index (χ4n) is 3.44. The Bertz CT molecular complexity index is 1070. The Labute approximate surface area is 168 Å². The highest BCUT2D eigenvalue weighted by molar-refractivity contribution is 6.33. The van der Waals surface area contributed by atoms with Crippen molar-refractivity contribution in [3.8, 4) is 22.6 Å². The first-order valence-corrected chi connectivity index (χ1v) is 9.31. The third kappa shape index (κ3) is 2.86. The van der Waals surface area contributed by atoms with Crippen LogP contribution < -0.4 is 14.8 Å². The number of carbonyl (C=O) groups excluding carboxylic acids is 1. The van der Waals surface area contributed by atoms with Gasteiger partial charge in [-0.05, 0) is 48.7 Å². The zero-order chi connectivity index (χ0) is 19.1. The monoisotopic (exact) mass is 395 g/mol. The van der Waals surface area contributed by atoms with Crippen LogP contribution in [0.15, 0.2) is 55.0 Å². The van der Waals surface area contributed by atoms with Gasteiger partial charge in [0.1, 0.15) is 5.82 Å². The van der Waals surface area contributed by atoms with Crippen LogP contribution in [-0.2, 0) is 10.2 Å². The summed E-state index contributed by atoms with van der Waals surface area (Å²) in [5, 5.41) is 3.49. The maximum atomic E-state index is 13.0. The average Bonchev–Trinajstić information content (AvgIpc) is 3.40. The van der Waals surface area contributed by atoms with Crippen LogP contribution in [0, 0.1) is 0 Å². The number of halogens is 1. The highest BCUT2D eigenvalue weighted by Gasteiger charge is 2.51. The Morgan fingerprint density at radius 2 is 1.96 bits per heavy atom. The predicted molar refractivity (Wildman–Crippen MR) is 107 cm³/mol. The van der Waals surface area contributed by atoms with Crippen LogP contribution in [0.5, 0.6) is 11.5 Å². The van der Waals surface area contributed by atoms with E-state index in [0.29, 0.717) is 22.3 Å². The predicted octanol–water partition coefficient (Wildman–Crippen LogP) is 4.44. The molecule has 3 aromatic rings. The Morgan fingerprint density at radius 3 is 2.71 bits per heavy atom. The van der Waals surface area contributed by atoms with Crippen LogP contribution in [0.1, 0.15) is 19.8 Å². The number of aromatic nitrogens is 2. The van der Waals surface area contributed by atoms with E-state index in [2.05, 4.69) is 15.3 Å². The van der Waals surface area contributed by atoms with Crippen LogP contribution in [0.4, 0.5) is 5.82 Å². The molecule has 1 aliphatic heterocycles. The number of rotatable bonds is 4. The summed E-state index contributed by atoms with van der Waals surface area (Å²) in [6.45, 7) is 0.218. The van der Waals surface area contributed by atoms with Crippen LogP contribution in [0.2, 0.25) is 5.02 Å². The van der Waals surface area contributed by atoms with Crippen molar-refractivity contribution >= 4 is 23.3 Å². The van der Waals surface area contributed by atoms with E-state index in [9.17, 15) is 4.79 Å². The van der Waals surface area contributed by atoms with Gasteiger partial charge in [0.25, 0.3) is 0 Å². The van der Waals surface area contributed by atoms with Gasteiger partial charge in [0.05, 0.1) is 10.4 Å². The molecule has 7 heteroatoms. The van der Waals surface area contributed by atoms with Crippen molar-refractivity contribution in [1.29, 1.82) is 0 Å². The smallest absolute Gasteiger partial charge is 0.236 e. The van der Waals surface area contributed by atoms with E-state index in [-0.39, 0.29) is 14.1 Å². The molecule has 1 aromatic carbocycles. The van der Waals surface area contributed by atoms with Crippen molar-refractivity contribution < 1.29 is 15.7 Å². The van der Waals surface area contributed by atoms with Gasteiger partial charge in [-0.1, -0.05) is 17.7 Å². The number of hydrogen-bond donors (Lipinski definition) is 1. The van der Waals surface area contributed by atoms with E-state index in [1.165, 1.54) is 0 Å². The molecule has 1 aliphatic carbocycles. The normalized spacial score (nSPS) is 15.9. The molecule has 2 aromatic heterocycles. The minimum atomic E-state index is -0.532. The molecule has 1 saturated carbocycles. The zero-order valence-corrected chi connectivity index (χ0v) is 15.6. The molecule has 2 aliphatic rings. The second-order valence-electron chi connectivity index (χ2n) is 6.89. The standard InChI is InChI=1S/C21H16ClN3O3.H2/c22-16-11-23-8-5-15(16)13-1-4-19(24-10-13)25-20(26)21(6-7-21)14-2-3-17-18(9-14)28-12-27-17;/h1-5,8-11H,6-7,12H2,(H,24,25,26);1H. The van der Waals surface area contributed by atoms with Gasteiger partial charge < -0.3 is 14.8 Å². The van der Waals surface area contributed by atoms with Gasteiger partial charge in [-0.2, -0.15) is 0 Å². The summed E-state index contributed by atoms with van der Waals surface area (Å²) < 4.78 is 10.8. The van der Waals surface area contributed by atoms with Gasteiger partial charge in [0.2, 0.25) is 12.7 Å². The second-order valence-corrected chi connectivity index (χ2v) is 7.30. The first kappa shape index (κ1) is 17.0. The van der Waals surface area contributed by atoms with Crippen LogP contribution in [0.25, 0.3) is 11.1 Å². The molecular formula is C21H18ClN3O3. The fraction of sp³-hybridized carbons (Fsp3) is 0.190. The van der Waals surface area contributed by atoms with E-state index in [0.717, 1.165) is 29.5 Å². The summed E-state index contributed by atoms with van der Waals surface area (Å²) in [7, 11) is 0. The Morgan fingerprint density at radius 1 is 1.11 bits per heavy atom. The summed E-state index contributed by atoms with van der Waals surface area (Å²) in [6, 6.07) is 11.2. The number of nitrogens with zero attached hydrogens (tertiary/aromatic N) is 2. The maximum Gasteiger partial charge on any atom is 0.236 e. The molecule has 1 fully saturated rings. The third-order valence-corrected chi connectivity index (χ3v) is 5.50. The first-order valence-electron chi connectivity index (χ1n) is 8.93. The van der Waals surface area contributed by atoms with Crippen molar-refractivity contribution in [2.45, 2.75) is 18.3 Å². The fourth-order valence-corrected chi connectivity index (χ4v) is 3.67. The van der Waals surface area contributed by atoms with E-state index >= 15 is 0 Å². The van der Waals surface area contributed by atoms with E-state index < -0.39 is 5.41 Å². The van der Waals surface area contributed by atoms with Gasteiger partial charge >= 0.3 is 0 Å². The number of nitrogens with one attached hydrogen (secondary N) is 1. The number of carbonyl (C=O) groups is 1. The number of ether oxygens (including phenoxy) is 2. The minimum absolute atomic E-state index is 0. The topological polar surface area (TPSA) is 73.3 Å². The molecule has 1 N–H and O–H groups in total. The summed E-state index contributed by atoms with van der Waals surface area (Å²) in [6.07, 6.45) is 6.55. The zero-order valence-electron chi connectivity index (χ0n) is 14.8. The molecule has 0 atom stereocenters. The minimum Gasteiger partial charge on any atom is -0.454 e. The van der Waals surface area contributed by atoms with Crippen molar-refractivity contribution in [3.05, 3.63) is 65.6 Å². The van der Waals surface area contributed by atoms with Crippen LogP contribution >= 0.6 is 11.6 Å². The SMILES string of the molecule is O=C(Nc1ccc(-c2ccncc2Cl)cn1)C1(c2ccc3c(c2)OCO3)CC1.[HH]. The number of fused-ring (bicyclic) bond motifs is 1. The van der Waals surface area contributed by atoms with Crippen LogP contribution in [0.3, 0.4) is 0 Å². The van der Waals surface area contributed by atoms with E-state index in [1.54, 1.807) is 24.7 Å². The van der Waals surface area contributed by atoms with Crippen molar-refractivity contribution in [2.24, 2.45) is 0 Å². The number of anilines is 1. The first-order chi connectivity index (χ1) is 13.7. The lowest BCUT2D eigenvalue weighted by atomic mass is 9.94. The largest absolute Gasteiger partial charge is 0.454 e. The maximum absolute atomic E-state index is 13.0. The summed E-state index contributed by atoms with van der Waals surface area (Å²) in [4.78, 5) is 21.3. The molecule has 0 saturated heterocycles. The van der Waals surface area contributed by atoms with Crippen molar-refractivity contribution in [1.82, 2.24) is 9.97 Å². The van der Waals surface area contributed by atoms with Gasteiger partial charge in [-0.3, -0.25) is 9.78 Å². The molecule has 5 rings (SSSR count). The van der Waals surface area contributed by atoms with Crippen LogP contribution in [-0.4, -0.2) is 22.7 Å². The number of hydrogen-bond acceptors (Lipinski definition) is 5. The van der Waals surface area contributed by atoms with Crippen molar-refractivity contribution in [2.75, 3.05) is 12.1 Å². The Hall–Kier alpha value is -3.12. The molecule has 0 bridgehead atoms. The lowest BCUT2D eigenvalue weighted by molar-refractivity contribution is -0.118. The van der Waals surface area contributed by atoms with E-state index in [4.69, 9.17) is 21.1 Å². The molecule has 1 amide bonds. The van der Waals surface area contributed by atoms with E-state index in [1.807, 2.05) is 30.3 Å². The average molecular weight is 396 g/mol. The van der Waals surface area contributed by atoms with Gasteiger partial charge in [-0.25, -0.2) is 4.98 Å². The molecule has 142 valence electrons. The molecule has 0 spiro atoms. The molecule has 0 radical (unpaired) electrons. The number of pyridine rings is 2. The molecule has 0 unspecified atom stereocenters. The molecule has 28 heavy (non-hydrogen) atoms. The Balaban J connectivity index is 0.00000205. The highest BCUT2D eigenvalue weighted by atomic mass is 35.5. The molecular weight excluding hydrogens is 378 g/mol. The third-order valence-electron chi connectivity index (χ3n) is 5.20. The van der Waals surface area contributed by atoms with Gasteiger partial charge in [-0.15, -0.1) is 0 Å². The van der Waals surface area contributed by atoms with Crippen molar-refractivity contribution in [3.63, 3.8) is 0 Å². The highest BCUT2D eigenvalue weighted by Crippen LogP contribution is 2.51.